The van der Waals surface area contributed by atoms with E-state index in [4.69, 9.17) is 0 Å². The summed E-state index contributed by atoms with van der Waals surface area (Å²) in [4.78, 5) is 0.560. The van der Waals surface area contributed by atoms with E-state index >= 15 is 0 Å². The van der Waals surface area contributed by atoms with Crippen LogP contribution in [0.3, 0.4) is 0 Å². The number of hydrogen-bond donors (Lipinski definition) is 2. The number of hydrogen-bond acceptors (Lipinski definition) is 3. The molecule has 15 heavy (non-hydrogen) atoms. The van der Waals surface area contributed by atoms with Crippen LogP contribution in [0.25, 0.3) is 0 Å². The molecule has 0 saturated carbocycles. The molecule has 2 N–H and O–H groups in total. The van der Waals surface area contributed by atoms with Crippen LogP contribution < -0.4 is 5.32 Å². The summed E-state index contributed by atoms with van der Waals surface area (Å²) in [6, 6.07) is 6.86. The number of rotatable bonds is 3. The first-order valence-electron chi connectivity index (χ1n) is 5.14. The van der Waals surface area contributed by atoms with E-state index in [0.717, 1.165) is 19.5 Å². The van der Waals surface area contributed by atoms with Gasteiger partial charge in [0.25, 0.3) is 0 Å². The molecule has 0 bridgehead atoms. The van der Waals surface area contributed by atoms with Crippen LogP contribution in [0.4, 0.5) is 0 Å². The Labute approximate surface area is 92.0 Å². The molecule has 1 fully saturated rings. The highest BCUT2D eigenvalue weighted by atomic mass is 32.2. The maximum Gasteiger partial charge on any atom is 0.131 e. The Hall–Kier alpha value is -0.870. The van der Waals surface area contributed by atoms with Crippen molar-refractivity contribution in [1.29, 1.82) is 0 Å². The molecule has 1 saturated heterocycles. The molecule has 0 aliphatic carbocycles. The molecule has 2 atom stereocenters. The summed E-state index contributed by atoms with van der Waals surface area (Å²) >= 11 is 0. The highest BCUT2D eigenvalue weighted by Crippen LogP contribution is 2.22. The second kappa shape index (κ2) is 4.77. The average molecular weight is 225 g/mol. The van der Waals surface area contributed by atoms with Crippen molar-refractivity contribution in [1.82, 2.24) is 5.32 Å². The van der Waals surface area contributed by atoms with Crippen molar-refractivity contribution >= 4 is 10.8 Å². The molecule has 2 unspecified atom stereocenters. The predicted molar refractivity (Wildman–Crippen MR) is 60.4 cm³/mol. The first-order chi connectivity index (χ1) is 7.27. The van der Waals surface area contributed by atoms with Crippen LogP contribution >= 0.6 is 0 Å². The summed E-state index contributed by atoms with van der Waals surface area (Å²) in [6.07, 6.45) is 1.08. The molecule has 1 aromatic rings. The van der Waals surface area contributed by atoms with E-state index < -0.39 is 10.8 Å². The Kier molecular flexibility index (Phi) is 3.38. The van der Waals surface area contributed by atoms with Gasteiger partial charge >= 0.3 is 0 Å². The molecule has 82 valence electrons. The van der Waals surface area contributed by atoms with Crippen molar-refractivity contribution in [2.75, 3.05) is 18.8 Å². The number of nitrogens with one attached hydrogen (secondary N) is 1. The summed E-state index contributed by atoms with van der Waals surface area (Å²) in [7, 11) is -1.07. The highest BCUT2D eigenvalue weighted by Gasteiger charge is 2.19. The molecule has 1 aromatic carbocycles. The summed E-state index contributed by atoms with van der Waals surface area (Å²) in [5, 5.41) is 12.8. The Morgan fingerprint density at radius 3 is 2.93 bits per heavy atom. The van der Waals surface area contributed by atoms with E-state index in [0.29, 0.717) is 16.6 Å². The average Bonchev–Trinajstić information content (AvgIpc) is 2.71. The zero-order chi connectivity index (χ0) is 10.7. The molecular weight excluding hydrogens is 210 g/mol. The van der Waals surface area contributed by atoms with Gasteiger partial charge in [-0.25, -0.2) is 0 Å². The third kappa shape index (κ3) is 2.58. The van der Waals surface area contributed by atoms with Crippen molar-refractivity contribution in [2.45, 2.75) is 11.3 Å². The minimum atomic E-state index is -1.07. The smallest absolute Gasteiger partial charge is 0.131 e. The Balaban J connectivity index is 2.04. The van der Waals surface area contributed by atoms with E-state index in [-0.39, 0.29) is 5.75 Å². The highest BCUT2D eigenvalue weighted by molar-refractivity contribution is 7.85. The SMILES string of the molecule is O=S(CC1CCNC1)c1ccccc1O. The number of para-hydroxylation sites is 1. The van der Waals surface area contributed by atoms with Gasteiger partial charge in [0.1, 0.15) is 5.75 Å². The molecule has 0 spiro atoms. The van der Waals surface area contributed by atoms with Gasteiger partial charge in [-0.05, 0) is 37.6 Å². The van der Waals surface area contributed by atoms with Gasteiger partial charge in [-0.3, -0.25) is 4.21 Å². The second-order valence-corrected chi connectivity index (χ2v) is 5.30. The van der Waals surface area contributed by atoms with E-state index in [2.05, 4.69) is 5.32 Å². The first kappa shape index (κ1) is 10.6. The number of benzene rings is 1. The van der Waals surface area contributed by atoms with Crippen LogP contribution in [0.1, 0.15) is 6.42 Å². The fraction of sp³-hybridized carbons (Fsp3) is 0.455. The normalized spacial score (nSPS) is 22.8. The van der Waals surface area contributed by atoms with Gasteiger partial charge < -0.3 is 10.4 Å². The Bertz CT molecular complexity index is 361. The number of aromatic hydroxyl groups is 1. The number of phenols is 1. The van der Waals surface area contributed by atoms with Gasteiger partial charge in [-0.15, -0.1) is 0 Å². The summed E-state index contributed by atoms with van der Waals surface area (Å²) in [6.45, 7) is 1.96. The lowest BCUT2D eigenvalue weighted by Gasteiger charge is -2.08. The van der Waals surface area contributed by atoms with E-state index in [9.17, 15) is 9.32 Å². The van der Waals surface area contributed by atoms with Gasteiger partial charge in [0, 0.05) is 5.75 Å². The molecule has 0 radical (unpaired) electrons. The zero-order valence-electron chi connectivity index (χ0n) is 8.48. The monoisotopic (exact) mass is 225 g/mol. The standard InChI is InChI=1S/C11H15NO2S/c13-10-3-1-2-4-11(10)15(14)8-9-5-6-12-7-9/h1-4,9,12-13H,5-8H2. The maximum atomic E-state index is 11.9. The molecule has 1 aliphatic heterocycles. The van der Waals surface area contributed by atoms with E-state index in [1.165, 1.54) is 0 Å². The van der Waals surface area contributed by atoms with E-state index in [1.807, 2.05) is 0 Å². The van der Waals surface area contributed by atoms with Gasteiger partial charge in [0.2, 0.25) is 0 Å². The van der Waals surface area contributed by atoms with Gasteiger partial charge in [0.15, 0.2) is 0 Å². The molecule has 2 rings (SSSR count). The molecular formula is C11H15NO2S. The molecule has 1 aliphatic rings. The molecule has 4 heteroatoms. The minimum absolute atomic E-state index is 0.141. The largest absolute Gasteiger partial charge is 0.507 e. The van der Waals surface area contributed by atoms with Crippen LogP contribution in [0.2, 0.25) is 0 Å². The summed E-state index contributed by atoms with van der Waals surface area (Å²) in [5.41, 5.74) is 0. The van der Waals surface area contributed by atoms with Crippen molar-refractivity contribution < 1.29 is 9.32 Å². The minimum Gasteiger partial charge on any atom is -0.507 e. The van der Waals surface area contributed by atoms with Gasteiger partial charge in [-0.1, -0.05) is 12.1 Å². The lowest BCUT2D eigenvalue weighted by Crippen LogP contribution is -2.15. The topological polar surface area (TPSA) is 49.3 Å². The fourth-order valence-electron chi connectivity index (χ4n) is 1.81. The second-order valence-electron chi connectivity index (χ2n) is 3.84. The van der Waals surface area contributed by atoms with Crippen molar-refractivity contribution in [3.63, 3.8) is 0 Å². The predicted octanol–water partition coefficient (Wildman–Crippen LogP) is 1.11. The quantitative estimate of drug-likeness (QED) is 0.810. The number of phenolic OH excluding ortho intramolecular Hbond substituents is 1. The third-order valence-corrected chi connectivity index (χ3v) is 4.27. The van der Waals surface area contributed by atoms with Crippen molar-refractivity contribution in [3.8, 4) is 5.75 Å². The summed E-state index contributed by atoms with van der Waals surface area (Å²) in [5.74, 6) is 1.26. The molecule has 1 heterocycles. The lowest BCUT2D eigenvalue weighted by atomic mass is 10.2. The van der Waals surface area contributed by atoms with Crippen LogP contribution in [0.5, 0.6) is 5.75 Å². The van der Waals surface area contributed by atoms with Crippen LogP contribution in [-0.4, -0.2) is 28.2 Å². The first-order valence-corrected chi connectivity index (χ1v) is 6.46. The van der Waals surface area contributed by atoms with Crippen molar-refractivity contribution in [3.05, 3.63) is 24.3 Å². The Morgan fingerprint density at radius 2 is 2.27 bits per heavy atom. The zero-order valence-corrected chi connectivity index (χ0v) is 9.30. The van der Waals surface area contributed by atoms with Gasteiger partial charge in [0.05, 0.1) is 15.7 Å². The van der Waals surface area contributed by atoms with Gasteiger partial charge in [-0.2, -0.15) is 0 Å². The summed E-state index contributed by atoms with van der Waals surface area (Å²) < 4.78 is 11.9. The molecule has 0 amide bonds. The Morgan fingerprint density at radius 1 is 1.47 bits per heavy atom. The lowest BCUT2D eigenvalue weighted by molar-refractivity contribution is 0.461. The molecule has 0 aromatic heterocycles. The maximum absolute atomic E-state index is 11.9. The third-order valence-electron chi connectivity index (χ3n) is 2.66. The van der Waals surface area contributed by atoms with Crippen molar-refractivity contribution in [2.24, 2.45) is 5.92 Å². The molecule has 3 nitrogen and oxygen atoms in total. The fourth-order valence-corrected chi connectivity index (χ4v) is 3.23. The van der Waals surface area contributed by atoms with Crippen LogP contribution in [-0.2, 0) is 10.8 Å². The van der Waals surface area contributed by atoms with Crippen LogP contribution in [0, 0.1) is 5.92 Å². The van der Waals surface area contributed by atoms with Crippen LogP contribution in [0.15, 0.2) is 29.2 Å². The van der Waals surface area contributed by atoms with E-state index in [1.54, 1.807) is 24.3 Å².